The zero-order valence-corrected chi connectivity index (χ0v) is 5.85. The van der Waals surface area contributed by atoms with Gasteiger partial charge in [0.2, 0.25) is 0 Å². The van der Waals surface area contributed by atoms with Crippen LogP contribution in [0.15, 0.2) is 0 Å². The quantitative estimate of drug-likeness (QED) is 0.524. The summed E-state index contributed by atoms with van der Waals surface area (Å²) >= 11 is 0. The molecule has 0 bridgehead atoms. The average molecular weight is 135 g/mol. The third kappa shape index (κ3) is 2.03. The molecule has 0 radical (unpaired) electrons. The number of nitrogens with one attached hydrogen (secondary N) is 1. The Balaban J connectivity index is 0.000000490. The lowest BCUT2D eigenvalue weighted by atomic mass is 10.2. The van der Waals surface area contributed by atoms with Gasteiger partial charge in [-0.05, 0) is 19.4 Å². The van der Waals surface area contributed by atoms with Crippen LogP contribution in [0.2, 0.25) is 0 Å². The maximum Gasteiger partial charge on any atom is 0.0584 e. The lowest BCUT2D eigenvalue weighted by Gasteiger charge is -2.01. The first kappa shape index (κ1) is 8.27. The Morgan fingerprint density at radius 2 is 2.38 bits per heavy atom. The van der Waals surface area contributed by atoms with Gasteiger partial charge in [0.1, 0.15) is 0 Å². The van der Waals surface area contributed by atoms with Gasteiger partial charge in [-0.15, -0.1) is 0 Å². The van der Waals surface area contributed by atoms with Crippen molar-refractivity contribution in [2.45, 2.75) is 18.9 Å². The highest BCUT2D eigenvalue weighted by atomic mass is 32.1. The third-order valence-corrected chi connectivity index (χ3v) is 1.38. The van der Waals surface area contributed by atoms with Gasteiger partial charge in [-0.25, -0.2) is 0 Å². The molecule has 0 aliphatic carbocycles. The van der Waals surface area contributed by atoms with E-state index in [0.29, 0.717) is 12.6 Å². The summed E-state index contributed by atoms with van der Waals surface area (Å²) in [6.07, 6.45) is 2.38. The molecule has 1 rings (SSSR count). The van der Waals surface area contributed by atoms with Crippen LogP contribution < -0.4 is 5.32 Å². The van der Waals surface area contributed by atoms with E-state index in [4.69, 9.17) is 5.11 Å². The minimum Gasteiger partial charge on any atom is -0.395 e. The molecule has 1 atom stereocenters. The second-order valence-electron chi connectivity index (χ2n) is 1.98. The number of aliphatic hydroxyl groups is 1. The first-order valence-corrected chi connectivity index (χ1v) is 2.77. The van der Waals surface area contributed by atoms with E-state index in [-0.39, 0.29) is 13.5 Å². The molecule has 1 aliphatic rings. The summed E-state index contributed by atoms with van der Waals surface area (Å²) in [6.45, 7) is 1.39. The molecule has 3 heteroatoms. The molecular weight excluding hydrogens is 122 g/mol. The fourth-order valence-electron chi connectivity index (χ4n) is 0.913. The van der Waals surface area contributed by atoms with Crippen LogP contribution in [0.5, 0.6) is 0 Å². The first-order valence-electron chi connectivity index (χ1n) is 2.77. The van der Waals surface area contributed by atoms with Gasteiger partial charge >= 0.3 is 0 Å². The highest BCUT2D eigenvalue weighted by Crippen LogP contribution is 2.02. The maximum absolute atomic E-state index is 8.50. The summed E-state index contributed by atoms with van der Waals surface area (Å²) in [7, 11) is 0. The Morgan fingerprint density at radius 1 is 1.62 bits per heavy atom. The normalized spacial score (nSPS) is 27.4. The zero-order chi connectivity index (χ0) is 5.11. The van der Waals surface area contributed by atoms with Gasteiger partial charge < -0.3 is 10.4 Å². The van der Waals surface area contributed by atoms with Gasteiger partial charge in [0.05, 0.1) is 6.61 Å². The standard InChI is InChI=1S/C5H11NO.H2S/c7-4-5-2-1-3-6-5;/h5-7H,1-4H2;1H2/t5-;/m0./s1. The van der Waals surface area contributed by atoms with Crippen molar-refractivity contribution in [3.63, 3.8) is 0 Å². The summed E-state index contributed by atoms with van der Waals surface area (Å²) in [5.41, 5.74) is 0. The van der Waals surface area contributed by atoms with Crippen LogP contribution in [0.25, 0.3) is 0 Å². The Bertz CT molecular complexity index is 54.4. The van der Waals surface area contributed by atoms with Gasteiger partial charge in [-0.3, -0.25) is 0 Å². The SMILES string of the molecule is OC[C@@H]1CCCN1.S. The molecular formula is C5H13NOS. The fourth-order valence-corrected chi connectivity index (χ4v) is 0.913. The van der Waals surface area contributed by atoms with Gasteiger partial charge in [0.15, 0.2) is 0 Å². The van der Waals surface area contributed by atoms with Gasteiger partial charge in [0.25, 0.3) is 0 Å². The van der Waals surface area contributed by atoms with Crippen molar-refractivity contribution in [3.05, 3.63) is 0 Å². The second-order valence-corrected chi connectivity index (χ2v) is 1.98. The molecule has 0 unspecified atom stereocenters. The Labute approximate surface area is 56.7 Å². The van der Waals surface area contributed by atoms with Crippen LogP contribution in [0, 0.1) is 0 Å². The average Bonchev–Trinajstić information content (AvgIpc) is 2.14. The maximum atomic E-state index is 8.50. The van der Waals surface area contributed by atoms with E-state index in [9.17, 15) is 0 Å². The minimum atomic E-state index is 0. The van der Waals surface area contributed by atoms with Crippen molar-refractivity contribution in [2.75, 3.05) is 13.2 Å². The van der Waals surface area contributed by atoms with Crippen molar-refractivity contribution in [2.24, 2.45) is 0 Å². The molecule has 8 heavy (non-hydrogen) atoms. The number of aliphatic hydroxyl groups excluding tert-OH is 1. The lowest BCUT2D eigenvalue weighted by Crippen LogP contribution is -2.24. The van der Waals surface area contributed by atoms with Crippen molar-refractivity contribution < 1.29 is 5.11 Å². The van der Waals surface area contributed by atoms with E-state index >= 15 is 0 Å². The molecule has 50 valence electrons. The molecule has 1 saturated heterocycles. The predicted molar refractivity (Wildman–Crippen MR) is 38.5 cm³/mol. The predicted octanol–water partition coefficient (Wildman–Crippen LogP) is -0.156. The molecule has 0 aromatic rings. The summed E-state index contributed by atoms with van der Waals surface area (Å²) in [4.78, 5) is 0. The Kier molecular flexibility index (Phi) is 4.32. The lowest BCUT2D eigenvalue weighted by molar-refractivity contribution is 0.255. The van der Waals surface area contributed by atoms with Crippen molar-refractivity contribution >= 4 is 13.5 Å². The largest absolute Gasteiger partial charge is 0.395 e. The van der Waals surface area contributed by atoms with E-state index in [1.54, 1.807) is 0 Å². The molecule has 0 aromatic heterocycles. The molecule has 0 spiro atoms. The van der Waals surface area contributed by atoms with Crippen molar-refractivity contribution in [1.29, 1.82) is 0 Å². The molecule has 0 saturated carbocycles. The number of hydrogen-bond donors (Lipinski definition) is 2. The van der Waals surface area contributed by atoms with Crippen molar-refractivity contribution in [3.8, 4) is 0 Å². The van der Waals surface area contributed by atoms with E-state index in [2.05, 4.69) is 5.32 Å². The summed E-state index contributed by atoms with van der Waals surface area (Å²) in [5.74, 6) is 0. The summed E-state index contributed by atoms with van der Waals surface area (Å²) in [6, 6.07) is 0.403. The molecule has 1 fully saturated rings. The molecule has 2 nitrogen and oxygen atoms in total. The topological polar surface area (TPSA) is 32.3 Å². The Morgan fingerprint density at radius 3 is 2.62 bits per heavy atom. The van der Waals surface area contributed by atoms with E-state index in [1.807, 2.05) is 0 Å². The molecule has 1 heterocycles. The van der Waals surface area contributed by atoms with Gasteiger partial charge in [0, 0.05) is 6.04 Å². The Hall–Kier alpha value is 0.270. The monoisotopic (exact) mass is 135 g/mol. The molecule has 0 aromatic carbocycles. The highest BCUT2D eigenvalue weighted by Gasteiger charge is 2.10. The fraction of sp³-hybridized carbons (Fsp3) is 1.00. The van der Waals surface area contributed by atoms with E-state index in [0.717, 1.165) is 13.0 Å². The highest BCUT2D eigenvalue weighted by molar-refractivity contribution is 7.59. The van der Waals surface area contributed by atoms with E-state index in [1.165, 1.54) is 6.42 Å². The molecule has 2 N–H and O–H groups in total. The zero-order valence-electron chi connectivity index (χ0n) is 4.85. The van der Waals surface area contributed by atoms with Crippen molar-refractivity contribution in [1.82, 2.24) is 5.32 Å². The minimum absolute atomic E-state index is 0. The van der Waals surface area contributed by atoms with Gasteiger partial charge in [-0.1, -0.05) is 0 Å². The van der Waals surface area contributed by atoms with Crippen LogP contribution in [-0.4, -0.2) is 24.3 Å². The van der Waals surface area contributed by atoms with Gasteiger partial charge in [-0.2, -0.15) is 13.5 Å². The van der Waals surface area contributed by atoms with Crippen LogP contribution >= 0.6 is 13.5 Å². The van der Waals surface area contributed by atoms with E-state index < -0.39 is 0 Å². The number of rotatable bonds is 1. The van der Waals surface area contributed by atoms with Crippen LogP contribution in [0.4, 0.5) is 0 Å². The first-order chi connectivity index (χ1) is 3.43. The third-order valence-electron chi connectivity index (χ3n) is 1.38. The molecule has 1 aliphatic heterocycles. The molecule has 0 amide bonds. The van der Waals surface area contributed by atoms with Crippen LogP contribution in [0.3, 0.4) is 0 Å². The summed E-state index contributed by atoms with van der Waals surface area (Å²) < 4.78 is 0. The number of hydrogen-bond acceptors (Lipinski definition) is 2. The van der Waals surface area contributed by atoms with Crippen LogP contribution in [-0.2, 0) is 0 Å². The smallest absolute Gasteiger partial charge is 0.0584 e. The second kappa shape index (κ2) is 4.18. The summed E-state index contributed by atoms with van der Waals surface area (Å²) in [5, 5.41) is 11.7. The van der Waals surface area contributed by atoms with Crippen LogP contribution in [0.1, 0.15) is 12.8 Å².